The maximum Gasteiger partial charge on any atom is 0.257 e. The van der Waals surface area contributed by atoms with Gasteiger partial charge in [0.1, 0.15) is 5.75 Å². The van der Waals surface area contributed by atoms with Crippen molar-refractivity contribution < 1.29 is 19.1 Å². The molecule has 1 amide bonds. The van der Waals surface area contributed by atoms with Crippen molar-refractivity contribution >= 4 is 28.1 Å². The summed E-state index contributed by atoms with van der Waals surface area (Å²) in [6.07, 6.45) is 1.44. The van der Waals surface area contributed by atoms with E-state index in [-0.39, 0.29) is 12.5 Å². The predicted octanol–water partition coefficient (Wildman–Crippen LogP) is 1.79. The van der Waals surface area contributed by atoms with Crippen molar-refractivity contribution in [1.29, 1.82) is 0 Å². The van der Waals surface area contributed by atoms with Gasteiger partial charge in [-0.25, -0.2) is 0 Å². The summed E-state index contributed by atoms with van der Waals surface area (Å²) in [4.78, 5) is 22.3. The summed E-state index contributed by atoms with van der Waals surface area (Å²) in [5.41, 5.74) is 0.404. The number of halogens is 1. The summed E-state index contributed by atoms with van der Waals surface area (Å²) in [5, 5.41) is 2.70. The normalized spacial score (nSPS) is 10.0. The highest BCUT2D eigenvalue weighted by Gasteiger charge is 2.06. The van der Waals surface area contributed by atoms with Gasteiger partial charge in [0.25, 0.3) is 5.91 Å². The monoisotopic (exact) mass is 329 g/mol. The number of aldehydes is 1. The quantitative estimate of drug-likeness (QED) is 0.583. The summed E-state index contributed by atoms with van der Waals surface area (Å²) < 4.78 is 11.0. The lowest BCUT2D eigenvalue weighted by atomic mass is 10.2. The third-order valence-corrected chi connectivity index (χ3v) is 2.80. The zero-order valence-electron chi connectivity index (χ0n) is 10.6. The molecule has 104 valence electrons. The minimum absolute atomic E-state index is 0.116. The predicted molar refractivity (Wildman–Crippen MR) is 74.5 cm³/mol. The molecule has 1 N–H and O–H groups in total. The summed E-state index contributed by atoms with van der Waals surface area (Å²) in [6.45, 7) is 1.02. The number of ether oxygens (including phenoxy) is 2. The molecule has 0 saturated carbocycles. The summed E-state index contributed by atoms with van der Waals surface area (Å²) in [6, 6.07) is 5.03. The Labute approximate surface area is 120 Å². The number of methoxy groups -OCH3 is 1. The van der Waals surface area contributed by atoms with E-state index in [2.05, 4.69) is 21.2 Å². The molecule has 0 aliphatic rings. The summed E-state index contributed by atoms with van der Waals surface area (Å²) >= 11 is 3.26. The van der Waals surface area contributed by atoms with Gasteiger partial charge in [-0.15, -0.1) is 0 Å². The maximum atomic E-state index is 11.5. The third-order valence-electron chi connectivity index (χ3n) is 2.30. The molecule has 0 aromatic heterocycles. The van der Waals surface area contributed by atoms with Crippen LogP contribution < -0.4 is 10.1 Å². The van der Waals surface area contributed by atoms with Gasteiger partial charge in [0, 0.05) is 24.7 Å². The second kappa shape index (κ2) is 8.66. The smallest absolute Gasteiger partial charge is 0.257 e. The average Bonchev–Trinajstić information content (AvgIpc) is 2.42. The van der Waals surface area contributed by atoms with Gasteiger partial charge in [-0.3, -0.25) is 9.59 Å². The first kappa shape index (κ1) is 15.7. The first-order valence-electron chi connectivity index (χ1n) is 5.80. The van der Waals surface area contributed by atoms with Crippen LogP contribution >= 0.6 is 15.9 Å². The van der Waals surface area contributed by atoms with Gasteiger partial charge in [-0.05, 0) is 24.6 Å². The minimum Gasteiger partial charge on any atom is -0.483 e. The largest absolute Gasteiger partial charge is 0.483 e. The SMILES string of the molecule is COCCCNC(=O)COc1ccc(Br)cc1C=O. The van der Waals surface area contributed by atoms with Gasteiger partial charge >= 0.3 is 0 Å². The number of hydrogen-bond acceptors (Lipinski definition) is 4. The molecule has 0 heterocycles. The number of nitrogens with one attached hydrogen (secondary N) is 1. The molecule has 0 fully saturated rings. The number of rotatable bonds is 8. The van der Waals surface area contributed by atoms with Crippen molar-refractivity contribution in [2.75, 3.05) is 26.9 Å². The summed E-state index contributed by atoms with van der Waals surface area (Å²) in [7, 11) is 1.61. The lowest BCUT2D eigenvalue weighted by molar-refractivity contribution is -0.123. The lowest BCUT2D eigenvalue weighted by Gasteiger charge is -2.09. The van der Waals surface area contributed by atoms with E-state index < -0.39 is 0 Å². The van der Waals surface area contributed by atoms with Crippen LogP contribution in [-0.2, 0) is 9.53 Å². The van der Waals surface area contributed by atoms with Crippen molar-refractivity contribution in [3.8, 4) is 5.75 Å². The van der Waals surface area contributed by atoms with Gasteiger partial charge in [-0.1, -0.05) is 15.9 Å². The molecular weight excluding hydrogens is 314 g/mol. The van der Waals surface area contributed by atoms with Gasteiger partial charge in [0.05, 0.1) is 5.56 Å². The van der Waals surface area contributed by atoms with E-state index in [9.17, 15) is 9.59 Å². The van der Waals surface area contributed by atoms with Gasteiger partial charge in [0.2, 0.25) is 0 Å². The number of amides is 1. The van der Waals surface area contributed by atoms with E-state index in [0.717, 1.165) is 10.9 Å². The standard InChI is InChI=1S/C13H16BrNO4/c1-18-6-2-5-15-13(17)9-19-12-4-3-11(14)7-10(12)8-16/h3-4,7-8H,2,5-6,9H2,1H3,(H,15,17). The molecule has 0 aliphatic heterocycles. The average molecular weight is 330 g/mol. The molecule has 1 aromatic rings. The Morgan fingerprint density at radius 3 is 2.95 bits per heavy atom. The fourth-order valence-electron chi connectivity index (χ4n) is 1.38. The number of benzene rings is 1. The van der Waals surface area contributed by atoms with E-state index in [1.165, 1.54) is 0 Å². The van der Waals surface area contributed by atoms with Crippen LogP contribution in [0.4, 0.5) is 0 Å². The number of carbonyl (C=O) groups excluding carboxylic acids is 2. The van der Waals surface area contributed by atoms with Crippen molar-refractivity contribution in [3.63, 3.8) is 0 Å². The van der Waals surface area contributed by atoms with Gasteiger partial charge in [0.15, 0.2) is 12.9 Å². The highest BCUT2D eigenvalue weighted by molar-refractivity contribution is 9.10. The number of hydrogen-bond donors (Lipinski definition) is 1. The molecule has 19 heavy (non-hydrogen) atoms. The lowest BCUT2D eigenvalue weighted by Crippen LogP contribution is -2.30. The minimum atomic E-state index is -0.226. The van der Waals surface area contributed by atoms with Crippen molar-refractivity contribution in [3.05, 3.63) is 28.2 Å². The van der Waals surface area contributed by atoms with E-state index in [0.29, 0.717) is 30.8 Å². The molecule has 0 spiro atoms. The van der Waals surface area contributed by atoms with Crippen LogP contribution in [0, 0.1) is 0 Å². The Morgan fingerprint density at radius 2 is 2.26 bits per heavy atom. The number of carbonyl (C=O) groups is 2. The van der Waals surface area contributed by atoms with Crippen LogP contribution in [0.1, 0.15) is 16.8 Å². The maximum absolute atomic E-state index is 11.5. The zero-order valence-corrected chi connectivity index (χ0v) is 12.2. The zero-order chi connectivity index (χ0) is 14.1. The van der Waals surface area contributed by atoms with Crippen LogP contribution in [0.5, 0.6) is 5.75 Å². The van der Waals surface area contributed by atoms with E-state index >= 15 is 0 Å². The van der Waals surface area contributed by atoms with E-state index in [4.69, 9.17) is 9.47 Å². The molecule has 1 rings (SSSR count). The highest BCUT2D eigenvalue weighted by Crippen LogP contribution is 2.21. The molecule has 0 atom stereocenters. The Balaban J connectivity index is 2.39. The Kier molecular flexibility index (Phi) is 7.14. The van der Waals surface area contributed by atoms with Crippen LogP contribution in [0.3, 0.4) is 0 Å². The van der Waals surface area contributed by atoms with Gasteiger partial charge in [-0.2, -0.15) is 0 Å². The van der Waals surface area contributed by atoms with Crippen molar-refractivity contribution in [1.82, 2.24) is 5.32 Å². The van der Waals surface area contributed by atoms with Crippen LogP contribution in [0.15, 0.2) is 22.7 Å². The fourth-order valence-corrected chi connectivity index (χ4v) is 1.76. The fraction of sp³-hybridized carbons (Fsp3) is 0.385. The van der Waals surface area contributed by atoms with Crippen molar-refractivity contribution in [2.24, 2.45) is 0 Å². The second-order valence-corrected chi connectivity index (χ2v) is 4.70. The van der Waals surface area contributed by atoms with Crippen molar-refractivity contribution in [2.45, 2.75) is 6.42 Å². The summed E-state index contributed by atoms with van der Waals surface area (Å²) in [5.74, 6) is 0.168. The molecule has 6 heteroatoms. The van der Waals surface area contributed by atoms with Gasteiger partial charge < -0.3 is 14.8 Å². The second-order valence-electron chi connectivity index (χ2n) is 3.78. The molecule has 0 saturated heterocycles. The molecule has 0 aliphatic carbocycles. The molecule has 0 unspecified atom stereocenters. The first-order valence-corrected chi connectivity index (χ1v) is 6.60. The highest BCUT2D eigenvalue weighted by atomic mass is 79.9. The third kappa shape index (κ3) is 5.85. The van der Waals surface area contributed by atoms with Crippen LogP contribution in [0.25, 0.3) is 0 Å². The molecule has 1 aromatic carbocycles. The molecule has 5 nitrogen and oxygen atoms in total. The molecule has 0 bridgehead atoms. The van der Waals surface area contributed by atoms with E-state index in [1.54, 1.807) is 25.3 Å². The Hall–Kier alpha value is -1.40. The first-order chi connectivity index (χ1) is 9.17. The Morgan fingerprint density at radius 1 is 1.47 bits per heavy atom. The Bertz CT molecular complexity index is 437. The van der Waals surface area contributed by atoms with E-state index in [1.807, 2.05) is 0 Å². The molecular formula is C13H16BrNO4. The van der Waals surface area contributed by atoms with Crippen LogP contribution in [-0.4, -0.2) is 39.1 Å². The topological polar surface area (TPSA) is 64.6 Å². The molecule has 0 radical (unpaired) electrons. The van der Waals surface area contributed by atoms with Crippen LogP contribution in [0.2, 0.25) is 0 Å².